The summed E-state index contributed by atoms with van der Waals surface area (Å²) in [6.07, 6.45) is 6.01. The van der Waals surface area contributed by atoms with E-state index in [2.05, 4.69) is 4.98 Å². The highest BCUT2D eigenvalue weighted by Crippen LogP contribution is 2.39. The summed E-state index contributed by atoms with van der Waals surface area (Å²) in [4.78, 5) is 18.2. The standard InChI is InChI=1S/C21H22ClN3O4S/c22-18-13-23-7-3-19(18)29-16-5-8-24(9-6-16)30(27,28)17-11-14-1-2-20(26)25-10-4-15(12-17)21(14)25/h3,7,11-13,16H,1-2,4-6,8-10H2. The largest absolute Gasteiger partial charge is 0.489 e. The minimum atomic E-state index is -3.59. The highest BCUT2D eigenvalue weighted by Gasteiger charge is 2.35. The van der Waals surface area contributed by atoms with Crippen LogP contribution in [-0.4, -0.2) is 49.4 Å². The van der Waals surface area contributed by atoms with E-state index in [0.717, 1.165) is 16.8 Å². The number of nitrogens with zero attached hydrogens (tertiary/aromatic N) is 3. The highest BCUT2D eigenvalue weighted by molar-refractivity contribution is 7.89. The van der Waals surface area contributed by atoms with Gasteiger partial charge in [-0.2, -0.15) is 4.31 Å². The van der Waals surface area contributed by atoms with Gasteiger partial charge in [-0.25, -0.2) is 8.42 Å². The zero-order valence-electron chi connectivity index (χ0n) is 16.4. The summed E-state index contributed by atoms with van der Waals surface area (Å²) in [7, 11) is -3.59. The van der Waals surface area contributed by atoms with E-state index >= 15 is 0 Å². The van der Waals surface area contributed by atoms with Gasteiger partial charge in [0, 0.05) is 44.5 Å². The van der Waals surface area contributed by atoms with Gasteiger partial charge in [-0.15, -0.1) is 0 Å². The van der Waals surface area contributed by atoms with Crippen molar-refractivity contribution in [1.82, 2.24) is 9.29 Å². The van der Waals surface area contributed by atoms with Gasteiger partial charge in [0.05, 0.1) is 10.6 Å². The lowest BCUT2D eigenvalue weighted by Crippen LogP contribution is -2.41. The van der Waals surface area contributed by atoms with Crippen molar-refractivity contribution in [2.45, 2.75) is 43.1 Å². The predicted octanol–water partition coefficient (Wildman–Crippen LogP) is 2.80. The number of hydrogen-bond donors (Lipinski definition) is 0. The summed E-state index contributed by atoms with van der Waals surface area (Å²) in [5.74, 6) is 0.707. The van der Waals surface area contributed by atoms with Crippen LogP contribution in [0.5, 0.6) is 5.75 Å². The number of sulfonamides is 1. The van der Waals surface area contributed by atoms with Crippen LogP contribution >= 0.6 is 11.6 Å². The van der Waals surface area contributed by atoms with Crippen molar-refractivity contribution in [2.24, 2.45) is 0 Å². The molecule has 0 N–H and O–H groups in total. The minimum Gasteiger partial charge on any atom is -0.489 e. The van der Waals surface area contributed by atoms with Gasteiger partial charge < -0.3 is 9.64 Å². The molecule has 0 aliphatic carbocycles. The van der Waals surface area contributed by atoms with Crippen molar-refractivity contribution in [3.8, 4) is 5.75 Å². The van der Waals surface area contributed by atoms with Crippen LogP contribution in [-0.2, 0) is 27.7 Å². The third kappa shape index (κ3) is 3.36. The average Bonchev–Trinajstić information content (AvgIpc) is 3.18. The molecule has 9 heteroatoms. The molecule has 0 atom stereocenters. The topological polar surface area (TPSA) is 79.8 Å². The van der Waals surface area contributed by atoms with Crippen LogP contribution in [0.15, 0.2) is 35.5 Å². The molecule has 3 aliphatic heterocycles. The summed E-state index contributed by atoms with van der Waals surface area (Å²) in [6.45, 7) is 1.43. The Morgan fingerprint density at radius 1 is 1.07 bits per heavy atom. The van der Waals surface area contributed by atoms with Gasteiger partial charge in [-0.05, 0) is 48.9 Å². The first-order chi connectivity index (χ1) is 14.4. The average molecular weight is 448 g/mol. The van der Waals surface area contributed by atoms with E-state index in [-0.39, 0.29) is 12.0 Å². The number of rotatable bonds is 4. The normalized spacial score (nSPS) is 19.8. The Bertz CT molecular complexity index is 1110. The second-order valence-electron chi connectivity index (χ2n) is 7.91. The molecule has 7 nitrogen and oxygen atoms in total. The number of carbonyl (C=O) groups is 1. The molecule has 30 heavy (non-hydrogen) atoms. The van der Waals surface area contributed by atoms with Crippen molar-refractivity contribution in [3.63, 3.8) is 0 Å². The number of anilines is 1. The van der Waals surface area contributed by atoms with E-state index in [9.17, 15) is 13.2 Å². The molecule has 1 aromatic heterocycles. The second-order valence-corrected chi connectivity index (χ2v) is 10.3. The molecule has 5 rings (SSSR count). The van der Waals surface area contributed by atoms with Gasteiger partial charge >= 0.3 is 0 Å². The summed E-state index contributed by atoms with van der Waals surface area (Å²) < 4.78 is 34.1. The van der Waals surface area contributed by atoms with Gasteiger partial charge in [-0.1, -0.05) is 11.6 Å². The molecule has 0 radical (unpaired) electrons. The third-order valence-electron chi connectivity index (χ3n) is 6.09. The number of pyridine rings is 1. The van der Waals surface area contributed by atoms with E-state index in [1.807, 2.05) is 0 Å². The van der Waals surface area contributed by atoms with Crippen LogP contribution in [0.4, 0.5) is 5.69 Å². The lowest BCUT2D eigenvalue weighted by Gasteiger charge is -2.32. The van der Waals surface area contributed by atoms with Crippen LogP contribution in [0.25, 0.3) is 0 Å². The van der Waals surface area contributed by atoms with E-state index in [4.69, 9.17) is 16.3 Å². The number of piperidine rings is 1. The molecule has 4 heterocycles. The van der Waals surface area contributed by atoms with Crippen LogP contribution < -0.4 is 9.64 Å². The maximum absolute atomic E-state index is 13.3. The van der Waals surface area contributed by atoms with Crippen LogP contribution in [0, 0.1) is 0 Å². The molecule has 1 fully saturated rings. The van der Waals surface area contributed by atoms with Crippen molar-refractivity contribution in [2.75, 3.05) is 24.5 Å². The smallest absolute Gasteiger partial charge is 0.243 e. The summed E-state index contributed by atoms with van der Waals surface area (Å²) in [5, 5.41) is 0.451. The number of aryl methyl sites for hydroxylation is 1. The first kappa shape index (κ1) is 19.8. The zero-order chi connectivity index (χ0) is 20.9. The predicted molar refractivity (Wildman–Crippen MR) is 112 cm³/mol. The Morgan fingerprint density at radius 3 is 2.53 bits per heavy atom. The van der Waals surface area contributed by atoms with E-state index in [0.29, 0.717) is 67.4 Å². The lowest BCUT2D eigenvalue weighted by atomic mass is 10.00. The molecule has 0 bridgehead atoms. The zero-order valence-corrected chi connectivity index (χ0v) is 18.0. The molecular formula is C21H22ClN3O4S. The first-order valence-corrected chi connectivity index (χ1v) is 12.0. The monoisotopic (exact) mass is 447 g/mol. The van der Waals surface area contributed by atoms with Crippen molar-refractivity contribution >= 4 is 33.2 Å². The highest BCUT2D eigenvalue weighted by atomic mass is 35.5. The molecular weight excluding hydrogens is 426 g/mol. The SMILES string of the molecule is O=C1CCc2cc(S(=O)(=O)N3CCC(Oc4ccncc4Cl)CC3)cc3c2N1CC3. The molecule has 2 aromatic rings. The van der Waals surface area contributed by atoms with Gasteiger partial charge in [0.25, 0.3) is 0 Å². The van der Waals surface area contributed by atoms with Crippen molar-refractivity contribution in [3.05, 3.63) is 46.7 Å². The number of carbonyl (C=O) groups excluding carboxylic acids is 1. The molecule has 0 unspecified atom stereocenters. The summed E-state index contributed by atoms with van der Waals surface area (Å²) in [5.41, 5.74) is 2.87. The van der Waals surface area contributed by atoms with E-state index in [1.165, 1.54) is 10.5 Å². The number of hydrogen-bond acceptors (Lipinski definition) is 5. The maximum atomic E-state index is 13.3. The van der Waals surface area contributed by atoms with Gasteiger partial charge in [0.2, 0.25) is 15.9 Å². The molecule has 1 amide bonds. The Labute approximate surface area is 180 Å². The first-order valence-electron chi connectivity index (χ1n) is 10.2. The van der Waals surface area contributed by atoms with E-state index < -0.39 is 10.0 Å². The molecule has 0 saturated carbocycles. The molecule has 158 valence electrons. The molecule has 1 saturated heterocycles. The van der Waals surface area contributed by atoms with Crippen LogP contribution in [0.1, 0.15) is 30.4 Å². The van der Waals surface area contributed by atoms with E-state index in [1.54, 1.807) is 29.3 Å². The van der Waals surface area contributed by atoms with Gasteiger partial charge in [0.15, 0.2) is 0 Å². The maximum Gasteiger partial charge on any atom is 0.243 e. The third-order valence-corrected chi connectivity index (χ3v) is 8.25. The summed E-state index contributed by atoms with van der Waals surface area (Å²) >= 11 is 6.11. The number of amides is 1. The quantitative estimate of drug-likeness (QED) is 0.720. The Morgan fingerprint density at radius 2 is 1.80 bits per heavy atom. The van der Waals surface area contributed by atoms with Crippen LogP contribution in [0.2, 0.25) is 5.02 Å². The number of halogens is 1. The Hall–Kier alpha value is -2.16. The van der Waals surface area contributed by atoms with Crippen molar-refractivity contribution < 1.29 is 17.9 Å². The molecule has 3 aliphatic rings. The Kier molecular flexibility index (Phi) is 4.95. The molecule has 1 aromatic carbocycles. The number of ether oxygens (including phenoxy) is 1. The fourth-order valence-electron chi connectivity index (χ4n) is 4.55. The van der Waals surface area contributed by atoms with Crippen molar-refractivity contribution in [1.29, 1.82) is 0 Å². The summed E-state index contributed by atoms with van der Waals surface area (Å²) in [6, 6.07) is 5.24. The van der Waals surface area contributed by atoms with Gasteiger partial charge in [0.1, 0.15) is 16.9 Å². The fourth-order valence-corrected chi connectivity index (χ4v) is 6.29. The molecule has 0 spiro atoms. The lowest BCUT2D eigenvalue weighted by molar-refractivity contribution is -0.118. The van der Waals surface area contributed by atoms with Crippen LogP contribution in [0.3, 0.4) is 0 Å². The fraction of sp³-hybridized carbons (Fsp3) is 0.429. The Balaban J connectivity index is 1.32. The number of aromatic nitrogens is 1. The second kappa shape index (κ2) is 7.51. The van der Waals surface area contributed by atoms with Gasteiger partial charge in [-0.3, -0.25) is 9.78 Å². The number of benzene rings is 1. The minimum absolute atomic E-state index is 0.0860.